The van der Waals surface area contributed by atoms with Crippen LogP contribution in [0, 0.1) is 22.7 Å². The highest BCUT2D eigenvalue weighted by atomic mass is 19.4. The van der Waals surface area contributed by atoms with Gasteiger partial charge in [-0.15, -0.1) is 0 Å². The second-order valence-corrected chi connectivity index (χ2v) is 11.1. The van der Waals surface area contributed by atoms with Crippen molar-refractivity contribution in [2.45, 2.75) is 103 Å². The first-order chi connectivity index (χ1) is 15.8. The number of hydrogen-bond acceptors (Lipinski definition) is 3. The molecule has 3 N–H and O–H groups in total. The molecule has 0 amide bonds. The molecule has 35 heavy (non-hydrogen) atoms. The van der Waals surface area contributed by atoms with Gasteiger partial charge >= 0.3 is 12.4 Å². The second kappa shape index (κ2) is 10.2. The van der Waals surface area contributed by atoms with Gasteiger partial charge in [0.15, 0.2) is 0 Å². The average Bonchev–Trinajstić information content (AvgIpc) is 2.93. The molecule has 0 spiro atoms. The van der Waals surface area contributed by atoms with Gasteiger partial charge < -0.3 is 15.3 Å². The molecule has 202 valence electrons. The molecule has 0 bridgehead atoms. The molecule has 0 aromatic rings. The van der Waals surface area contributed by atoms with Crippen molar-refractivity contribution in [3.05, 3.63) is 36.0 Å². The van der Waals surface area contributed by atoms with Crippen LogP contribution in [0.5, 0.6) is 0 Å². The molecule has 2 fully saturated rings. The van der Waals surface area contributed by atoms with Crippen molar-refractivity contribution in [1.82, 2.24) is 0 Å². The molecule has 9 heteroatoms. The van der Waals surface area contributed by atoms with Crippen LogP contribution in [0.1, 0.15) is 72.6 Å². The van der Waals surface area contributed by atoms with Crippen LogP contribution in [-0.4, -0.2) is 45.5 Å². The third-order valence-electron chi connectivity index (χ3n) is 8.98. The first-order valence-electron chi connectivity index (χ1n) is 12.1. The fourth-order valence-electron chi connectivity index (χ4n) is 5.77. The van der Waals surface area contributed by atoms with Crippen molar-refractivity contribution in [2.24, 2.45) is 22.7 Å². The van der Waals surface area contributed by atoms with E-state index in [0.717, 1.165) is 18.4 Å². The van der Waals surface area contributed by atoms with Crippen molar-refractivity contribution >= 4 is 0 Å². The highest BCUT2D eigenvalue weighted by Gasteiger charge is 2.69. The summed E-state index contributed by atoms with van der Waals surface area (Å²) in [7, 11) is 0. The Morgan fingerprint density at radius 1 is 1.09 bits per heavy atom. The summed E-state index contributed by atoms with van der Waals surface area (Å²) in [6, 6.07) is 0. The van der Waals surface area contributed by atoms with Gasteiger partial charge in [-0.1, -0.05) is 58.9 Å². The summed E-state index contributed by atoms with van der Waals surface area (Å²) in [4.78, 5) is 0. The standard InChI is InChI=1S/C26H38F6O3/c1-16(8-7-12-24(35,25(27,28)29)26(30,31)32)23(5)13-11-19(22(23,3)4)10-6-9-18-14-20(33)15-21(34)17(18)2/h6,9-10,16,19-21,33-35H,2,7-8,11-15H2,1,3-5H3/b10-6+,18-9-/t16-,19+,20+,21-,23+/m0/s1. The van der Waals surface area contributed by atoms with E-state index in [1.54, 1.807) is 0 Å². The molecule has 0 saturated heterocycles. The van der Waals surface area contributed by atoms with Crippen LogP contribution in [-0.2, 0) is 0 Å². The van der Waals surface area contributed by atoms with Crippen molar-refractivity contribution in [3.8, 4) is 0 Å². The van der Waals surface area contributed by atoms with Gasteiger partial charge in [-0.25, -0.2) is 0 Å². The molecular formula is C26H38F6O3. The van der Waals surface area contributed by atoms with Gasteiger partial charge in [-0.2, -0.15) is 26.3 Å². The molecule has 2 aliphatic carbocycles. The third kappa shape index (κ3) is 5.82. The summed E-state index contributed by atoms with van der Waals surface area (Å²) in [6.07, 6.45) is -6.68. The predicted molar refractivity (Wildman–Crippen MR) is 122 cm³/mol. The minimum absolute atomic E-state index is 0.126. The second-order valence-electron chi connectivity index (χ2n) is 11.1. The Morgan fingerprint density at radius 3 is 2.20 bits per heavy atom. The summed E-state index contributed by atoms with van der Waals surface area (Å²) in [6.45, 7) is 11.9. The zero-order valence-electron chi connectivity index (χ0n) is 20.8. The molecule has 2 aliphatic rings. The molecule has 0 aromatic carbocycles. The summed E-state index contributed by atoms with van der Waals surface area (Å²) in [5, 5.41) is 29.3. The largest absolute Gasteiger partial charge is 0.426 e. The maximum absolute atomic E-state index is 13.0. The van der Waals surface area contributed by atoms with E-state index in [2.05, 4.69) is 20.4 Å². The van der Waals surface area contributed by atoms with E-state index in [4.69, 9.17) is 0 Å². The Balaban J connectivity index is 2.08. The van der Waals surface area contributed by atoms with Crippen LogP contribution in [0.4, 0.5) is 26.3 Å². The molecule has 0 heterocycles. The summed E-state index contributed by atoms with van der Waals surface area (Å²) >= 11 is 0. The van der Waals surface area contributed by atoms with Gasteiger partial charge in [0.25, 0.3) is 5.60 Å². The zero-order chi connectivity index (χ0) is 27.0. The van der Waals surface area contributed by atoms with Gasteiger partial charge in [0.05, 0.1) is 12.2 Å². The lowest BCUT2D eigenvalue weighted by molar-refractivity contribution is -0.370. The molecule has 0 radical (unpaired) electrons. The lowest BCUT2D eigenvalue weighted by Gasteiger charge is -2.46. The summed E-state index contributed by atoms with van der Waals surface area (Å²) < 4.78 is 77.9. The van der Waals surface area contributed by atoms with Crippen molar-refractivity contribution in [3.63, 3.8) is 0 Å². The Morgan fingerprint density at radius 2 is 1.66 bits per heavy atom. The number of halogens is 6. The van der Waals surface area contributed by atoms with E-state index in [0.29, 0.717) is 12.0 Å². The first kappa shape index (κ1) is 29.9. The van der Waals surface area contributed by atoms with E-state index < -0.39 is 43.0 Å². The van der Waals surface area contributed by atoms with Crippen LogP contribution in [0.15, 0.2) is 36.0 Å². The SMILES string of the molecule is C=C1/C(=C\C=C\[C@@H]2CC[C@](C)([C@@H](C)CCCC(O)(C(F)(F)F)C(F)(F)F)C2(C)C)C[C@@H](O)C[C@@H]1O. The van der Waals surface area contributed by atoms with Crippen molar-refractivity contribution < 1.29 is 41.7 Å². The number of alkyl halides is 6. The smallest absolute Gasteiger partial charge is 0.393 e. The van der Waals surface area contributed by atoms with Crippen LogP contribution in [0.2, 0.25) is 0 Å². The highest BCUT2D eigenvalue weighted by Crippen LogP contribution is 2.61. The van der Waals surface area contributed by atoms with Crippen LogP contribution >= 0.6 is 0 Å². The maximum atomic E-state index is 13.0. The van der Waals surface area contributed by atoms with E-state index >= 15 is 0 Å². The Labute approximate surface area is 203 Å². The highest BCUT2D eigenvalue weighted by molar-refractivity contribution is 5.37. The quantitative estimate of drug-likeness (QED) is 0.335. The van der Waals surface area contributed by atoms with Crippen molar-refractivity contribution in [2.75, 3.05) is 0 Å². The first-order valence-corrected chi connectivity index (χ1v) is 12.1. The molecule has 5 atom stereocenters. The molecular weight excluding hydrogens is 474 g/mol. The van der Waals surface area contributed by atoms with Gasteiger partial charge in [0.1, 0.15) is 0 Å². The van der Waals surface area contributed by atoms with Crippen LogP contribution in [0.25, 0.3) is 0 Å². The van der Waals surface area contributed by atoms with E-state index in [9.17, 15) is 41.7 Å². The monoisotopic (exact) mass is 512 g/mol. The maximum Gasteiger partial charge on any atom is 0.426 e. The fourth-order valence-corrected chi connectivity index (χ4v) is 5.77. The number of aliphatic hydroxyl groups excluding tert-OH is 2. The molecule has 2 rings (SSSR count). The Kier molecular flexibility index (Phi) is 8.72. The van der Waals surface area contributed by atoms with E-state index in [-0.39, 0.29) is 35.5 Å². The van der Waals surface area contributed by atoms with E-state index in [1.165, 1.54) is 0 Å². The van der Waals surface area contributed by atoms with Gasteiger partial charge in [0, 0.05) is 6.42 Å². The van der Waals surface area contributed by atoms with Crippen LogP contribution < -0.4 is 0 Å². The molecule has 0 aromatic heterocycles. The minimum Gasteiger partial charge on any atom is -0.393 e. The molecule has 0 unspecified atom stereocenters. The van der Waals surface area contributed by atoms with Gasteiger partial charge in [-0.3, -0.25) is 0 Å². The molecule has 0 aliphatic heterocycles. The number of aliphatic hydroxyl groups is 3. The predicted octanol–water partition coefficient (Wildman–Crippen LogP) is 6.65. The number of rotatable bonds is 7. The zero-order valence-corrected chi connectivity index (χ0v) is 20.8. The van der Waals surface area contributed by atoms with E-state index in [1.807, 2.05) is 32.1 Å². The molecule has 2 saturated carbocycles. The Hall–Kier alpha value is -1.32. The van der Waals surface area contributed by atoms with Gasteiger partial charge in [0.2, 0.25) is 0 Å². The third-order valence-corrected chi connectivity index (χ3v) is 8.98. The van der Waals surface area contributed by atoms with Crippen molar-refractivity contribution in [1.29, 1.82) is 0 Å². The Bertz CT molecular complexity index is 812. The summed E-state index contributed by atoms with van der Waals surface area (Å²) in [5.41, 5.74) is -3.95. The summed E-state index contributed by atoms with van der Waals surface area (Å²) in [5.74, 6) is -0.0378. The topological polar surface area (TPSA) is 60.7 Å². The van der Waals surface area contributed by atoms with Crippen LogP contribution in [0.3, 0.4) is 0 Å². The normalized spacial score (nSPS) is 32.5. The number of allylic oxidation sites excluding steroid dienone is 3. The van der Waals surface area contributed by atoms with Gasteiger partial charge in [-0.05, 0) is 65.9 Å². The molecule has 3 nitrogen and oxygen atoms in total. The lowest BCUT2D eigenvalue weighted by Crippen LogP contribution is -2.56. The lowest BCUT2D eigenvalue weighted by atomic mass is 9.59. The fraction of sp³-hybridized carbons (Fsp3) is 0.769. The number of hydrogen-bond donors (Lipinski definition) is 3. The average molecular weight is 513 g/mol. The minimum atomic E-state index is -5.79.